The maximum absolute atomic E-state index is 13.1. The molecule has 1 fully saturated rings. The van der Waals surface area contributed by atoms with E-state index >= 15 is 0 Å². The summed E-state index contributed by atoms with van der Waals surface area (Å²) < 4.78 is 10.5. The molecule has 0 aliphatic carbocycles. The summed E-state index contributed by atoms with van der Waals surface area (Å²) in [6.07, 6.45) is 0.130. The zero-order chi connectivity index (χ0) is 23.3. The molecule has 11 heteroatoms. The molecule has 0 spiro atoms. The van der Waals surface area contributed by atoms with Gasteiger partial charge in [-0.3, -0.25) is 33.8 Å². The van der Waals surface area contributed by atoms with Crippen LogP contribution in [0.25, 0.3) is 0 Å². The van der Waals surface area contributed by atoms with Crippen molar-refractivity contribution in [3.05, 3.63) is 29.3 Å². The molecule has 2 aliphatic rings. The van der Waals surface area contributed by atoms with Crippen LogP contribution < -0.4 is 5.32 Å². The van der Waals surface area contributed by atoms with Crippen molar-refractivity contribution in [2.24, 2.45) is 0 Å². The number of rotatable bonds is 11. The number of hydrogen-bond acceptors (Lipinski definition) is 8. The van der Waals surface area contributed by atoms with Gasteiger partial charge in [-0.15, -0.1) is 0 Å². The first kappa shape index (κ1) is 23.4. The number of anilines is 1. The summed E-state index contributed by atoms with van der Waals surface area (Å²) in [7, 11) is 1.35. The van der Waals surface area contributed by atoms with E-state index in [2.05, 4.69) is 5.32 Å². The predicted molar refractivity (Wildman–Crippen MR) is 110 cm³/mol. The molecule has 32 heavy (non-hydrogen) atoms. The van der Waals surface area contributed by atoms with Gasteiger partial charge in [0.1, 0.15) is 6.04 Å². The number of piperidine rings is 1. The summed E-state index contributed by atoms with van der Waals surface area (Å²) in [5, 5.41) is 11.6. The first-order valence-electron chi connectivity index (χ1n) is 10.3. The summed E-state index contributed by atoms with van der Waals surface area (Å²) in [6.45, 7) is 1.32. The number of carboxylic acid groups (broad SMARTS) is 1. The number of benzene rings is 1. The molecule has 3 rings (SSSR count). The van der Waals surface area contributed by atoms with E-state index in [-0.39, 0.29) is 56.1 Å². The maximum Gasteiger partial charge on any atom is 0.305 e. The fourth-order valence-electron chi connectivity index (χ4n) is 3.61. The van der Waals surface area contributed by atoms with Crippen LogP contribution in [0.1, 0.15) is 40.0 Å². The monoisotopic (exact) mass is 447 g/mol. The number of imide groups is 2. The van der Waals surface area contributed by atoms with E-state index in [1.807, 2.05) is 0 Å². The summed E-state index contributed by atoms with van der Waals surface area (Å²) in [5.74, 6) is -2.95. The number of likely N-dealkylation sites (N-methyl/N-ethyl adjacent to an activating group) is 1. The van der Waals surface area contributed by atoms with Gasteiger partial charge < -0.3 is 19.9 Å². The number of hydrogen-bond donors (Lipinski definition) is 2. The molecular weight excluding hydrogens is 422 g/mol. The van der Waals surface area contributed by atoms with Gasteiger partial charge in [-0.25, -0.2) is 0 Å². The minimum absolute atomic E-state index is 0.0660. The molecule has 2 aliphatic heterocycles. The molecule has 0 aromatic heterocycles. The van der Waals surface area contributed by atoms with Crippen LogP contribution in [0.15, 0.2) is 18.2 Å². The number of nitrogens with one attached hydrogen (secondary N) is 1. The molecule has 4 amide bonds. The van der Waals surface area contributed by atoms with Crippen molar-refractivity contribution in [2.45, 2.75) is 25.3 Å². The molecule has 1 atom stereocenters. The lowest BCUT2D eigenvalue weighted by molar-refractivity contribution is -0.149. The number of carbonyl (C=O) groups is 5. The van der Waals surface area contributed by atoms with Crippen LogP contribution in [-0.4, -0.2) is 90.6 Å². The van der Waals surface area contributed by atoms with Gasteiger partial charge in [0.05, 0.1) is 44.0 Å². The van der Waals surface area contributed by atoms with E-state index in [1.165, 1.54) is 13.1 Å². The third-order valence-electron chi connectivity index (χ3n) is 5.27. The number of fused-ring (bicyclic) bond motifs is 1. The molecule has 1 aromatic rings. The van der Waals surface area contributed by atoms with E-state index in [9.17, 15) is 24.0 Å². The van der Waals surface area contributed by atoms with E-state index < -0.39 is 29.7 Å². The van der Waals surface area contributed by atoms with Gasteiger partial charge in [0, 0.05) is 25.7 Å². The highest BCUT2D eigenvalue weighted by Gasteiger charge is 2.46. The highest BCUT2D eigenvalue weighted by atomic mass is 16.5. The Morgan fingerprint density at radius 1 is 1.09 bits per heavy atom. The second-order valence-electron chi connectivity index (χ2n) is 7.35. The Hall–Kier alpha value is -3.31. The third-order valence-corrected chi connectivity index (χ3v) is 5.27. The Balaban J connectivity index is 1.55. The lowest BCUT2D eigenvalue weighted by Gasteiger charge is -2.32. The van der Waals surface area contributed by atoms with Crippen molar-refractivity contribution in [3.63, 3.8) is 0 Å². The smallest absolute Gasteiger partial charge is 0.305 e. The van der Waals surface area contributed by atoms with Gasteiger partial charge in [0.2, 0.25) is 5.91 Å². The van der Waals surface area contributed by atoms with E-state index in [0.717, 1.165) is 9.80 Å². The van der Waals surface area contributed by atoms with Gasteiger partial charge in [-0.05, 0) is 18.6 Å². The largest absolute Gasteiger partial charge is 0.481 e. The van der Waals surface area contributed by atoms with Crippen molar-refractivity contribution in [1.82, 2.24) is 9.80 Å². The zero-order valence-electron chi connectivity index (χ0n) is 17.7. The number of aliphatic carboxylic acids is 1. The molecule has 0 saturated carbocycles. The average molecular weight is 447 g/mol. The number of carbonyl (C=O) groups excluding carboxylic acids is 4. The van der Waals surface area contributed by atoms with Crippen molar-refractivity contribution in [1.29, 1.82) is 0 Å². The minimum atomic E-state index is -0.998. The maximum atomic E-state index is 13.1. The molecule has 2 heterocycles. The van der Waals surface area contributed by atoms with Crippen LogP contribution in [0.4, 0.5) is 5.69 Å². The highest BCUT2D eigenvalue weighted by Crippen LogP contribution is 2.33. The molecule has 1 unspecified atom stereocenters. The van der Waals surface area contributed by atoms with Crippen LogP contribution in [0.2, 0.25) is 0 Å². The van der Waals surface area contributed by atoms with Crippen molar-refractivity contribution < 1.29 is 38.6 Å². The van der Waals surface area contributed by atoms with E-state index in [0.29, 0.717) is 18.8 Å². The Kier molecular flexibility index (Phi) is 7.54. The topological polar surface area (TPSA) is 143 Å². The number of likely N-dealkylation sites (tertiary alicyclic amines) is 1. The molecule has 0 radical (unpaired) electrons. The molecule has 2 N–H and O–H groups in total. The van der Waals surface area contributed by atoms with Gasteiger partial charge in [-0.1, -0.05) is 6.07 Å². The van der Waals surface area contributed by atoms with Crippen molar-refractivity contribution in [3.8, 4) is 0 Å². The molecule has 172 valence electrons. The molecule has 0 bridgehead atoms. The zero-order valence-corrected chi connectivity index (χ0v) is 17.7. The van der Waals surface area contributed by atoms with Crippen LogP contribution in [0.3, 0.4) is 0 Å². The number of nitrogens with zero attached hydrogens (tertiary/aromatic N) is 2. The second-order valence-corrected chi connectivity index (χ2v) is 7.35. The van der Waals surface area contributed by atoms with Crippen LogP contribution in [0.5, 0.6) is 0 Å². The first-order valence-corrected chi connectivity index (χ1v) is 10.3. The lowest BCUT2D eigenvalue weighted by Crippen LogP contribution is -2.54. The number of carboxylic acids is 1. The van der Waals surface area contributed by atoms with Crippen LogP contribution in [-0.2, 0) is 23.9 Å². The first-order chi connectivity index (χ1) is 15.3. The Labute approximate surface area is 184 Å². The van der Waals surface area contributed by atoms with Crippen molar-refractivity contribution in [2.75, 3.05) is 45.3 Å². The standard InChI is InChI=1S/C21H25N3O8/c1-23-16(25)6-5-15(20(23)29)24-19(28)13-3-2-4-14(18(13)21(24)30)22-8-10-32-12-11-31-9-7-17(26)27/h2-4,15,22H,5-12H2,1H3,(H,26,27). The lowest BCUT2D eigenvalue weighted by atomic mass is 10.0. The fourth-order valence-corrected chi connectivity index (χ4v) is 3.61. The summed E-state index contributed by atoms with van der Waals surface area (Å²) in [6, 6.07) is 3.85. The molecular formula is C21H25N3O8. The van der Waals surface area contributed by atoms with Crippen molar-refractivity contribution >= 4 is 35.3 Å². The van der Waals surface area contributed by atoms with E-state index in [1.54, 1.807) is 12.1 Å². The Morgan fingerprint density at radius 3 is 2.53 bits per heavy atom. The summed E-state index contributed by atoms with van der Waals surface area (Å²) >= 11 is 0. The Bertz CT molecular complexity index is 932. The number of ether oxygens (including phenoxy) is 2. The van der Waals surface area contributed by atoms with E-state index in [4.69, 9.17) is 14.6 Å². The highest BCUT2D eigenvalue weighted by molar-refractivity contribution is 6.25. The van der Waals surface area contributed by atoms with Gasteiger partial charge in [0.25, 0.3) is 17.7 Å². The van der Waals surface area contributed by atoms with Gasteiger partial charge >= 0.3 is 5.97 Å². The normalized spacial score (nSPS) is 18.3. The predicted octanol–water partition coefficient (Wildman–Crippen LogP) is 0.350. The van der Waals surface area contributed by atoms with Gasteiger partial charge in [0.15, 0.2) is 0 Å². The average Bonchev–Trinajstić information content (AvgIpc) is 3.02. The minimum Gasteiger partial charge on any atom is -0.481 e. The quantitative estimate of drug-likeness (QED) is 0.363. The second kappa shape index (κ2) is 10.3. The summed E-state index contributed by atoms with van der Waals surface area (Å²) in [5.41, 5.74) is 0.860. The number of amides is 4. The molecule has 1 aromatic carbocycles. The third kappa shape index (κ3) is 4.94. The molecule has 1 saturated heterocycles. The van der Waals surface area contributed by atoms with Crippen LogP contribution in [0, 0.1) is 0 Å². The van der Waals surface area contributed by atoms with Crippen LogP contribution >= 0.6 is 0 Å². The summed E-state index contributed by atoms with van der Waals surface area (Å²) in [4.78, 5) is 62.5. The fraction of sp³-hybridized carbons (Fsp3) is 0.476. The Morgan fingerprint density at radius 2 is 1.81 bits per heavy atom. The molecule has 11 nitrogen and oxygen atoms in total. The SMILES string of the molecule is CN1C(=O)CCC(N2C(=O)c3cccc(NCCOCCOCCC(=O)O)c3C2=O)C1=O. The van der Waals surface area contributed by atoms with Gasteiger partial charge in [-0.2, -0.15) is 0 Å².